The lowest BCUT2D eigenvalue weighted by Gasteiger charge is -2.25. The van der Waals surface area contributed by atoms with E-state index in [-0.39, 0.29) is 24.4 Å². The van der Waals surface area contributed by atoms with Crippen molar-refractivity contribution in [1.29, 1.82) is 0 Å². The van der Waals surface area contributed by atoms with Crippen LogP contribution in [0.5, 0.6) is 11.5 Å². The smallest absolute Gasteiger partial charge is 0.261 e. The third kappa shape index (κ3) is 4.29. The largest absolute Gasteiger partial charge is 0.494 e. The van der Waals surface area contributed by atoms with E-state index in [4.69, 9.17) is 9.47 Å². The molecule has 2 aromatic rings. The second-order valence-electron chi connectivity index (χ2n) is 5.99. The minimum Gasteiger partial charge on any atom is -0.494 e. The number of ether oxygens (including phenoxy) is 2. The van der Waals surface area contributed by atoms with Crippen LogP contribution in [0.25, 0.3) is 0 Å². The summed E-state index contributed by atoms with van der Waals surface area (Å²) in [6.07, 6.45) is 1.91. The number of carbonyl (C=O) groups is 1. The van der Waals surface area contributed by atoms with Crippen LogP contribution in [0.15, 0.2) is 48.5 Å². The van der Waals surface area contributed by atoms with E-state index in [1.807, 2.05) is 36.1 Å². The fourth-order valence-electron chi connectivity index (χ4n) is 3.12. The molecule has 0 saturated carbocycles. The standard InChI is InChI=1S/C20H22FNO3/c1-2-24-17-9-5-15(6-10-17)19-4-3-13-22(19)20(23)14-25-18-11-7-16(21)8-12-18/h5-12,19H,2-4,13-14H2,1H3. The molecule has 1 heterocycles. The number of nitrogens with zero attached hydrogens (tertiary/aromatic N) is 1. The van der Waals surface area contributed by atoms with Gasteiger partial charge in [0, 0.05) is 6.54 Å². The van der Waals surface area contributed by atoms with Gasteiger partial charge in [0.05, 0.1) is 12.6 Å². The van der Waals surface area contributed by atoms with Gasteiger partial charge in [0.25, 0.3) is 5.91 Å². The molecule has 1 atom stereocenters. The molecule has 1 aliphatic heterocycles. The van der Waals surface area contributed by atoms with Gasteiger partial charge in [-0.05, 0) is 61.7 Å². The maximum Gasteiger partial charge on any atom is 0.261 e. The molecular formula is C20H22FNO3. The molecule has 25 heavy (non-hydrogen) atoms. The van der Waals surface area contributed by atoms with Gasteiger partial charge < -0.3 is 14.4 Å². The highest BCUT2D eigenvalue weighted by molar-refractivity contribution is 5.78. The molecule has 1 saturated heterocycles. The van der Waals surface area contributed by atoms with E-state index in [1.54, 1.807) is 0 Å². The first-order valence-electron chi connectivity index (χ1n) is 8.58. The maximum absolute atomic E-state index is 12.9. The number of halogens is 1. The molecule has 1 unspecified atom stereocenters. The quantitative estimate of drug-likeness (QED) is 0.797. The third-order valence-electron chi connectivity index (χ3n) is 4.32. The molecule has 1 aliphatic rings. The van der Waals surface area contributed by atoms with E-state index in [0.717, 1.165) is 30.7 Å². The number of hydrogen-bond acceptors (Lipinski definition) is 3. The Kier molecular flexibility index (Phi) is 5.53. The van der Waals surface area contributed by atoms with Crippen LogP contribution >= 0.6 is 0 Å². The van der Waals surface area contributed by atoms with Gasteiger partial charge >= 0.3 is 0 Å². The lowest BCUT2D eigenvalue weighted by atomic mass is 10.0. The van der Waals surface area contributed by atoms with Crippen molar-refractivity contribution in [3.8, 4) is 11.5 Å². The van der Waals surface area contributed by atoms with Gasteiger partial charge in [-0.25, -0.2) is 4.39 Å². The summed E-state index contributed by atoms with van der Waals surface area (Å²) in [5.74, 6) is 0.947. The molecule has 5 heteroatoms. The molecule has 1 fully saturated rings. The van der Waals surface area contributed by atoms with Gasteiger partial charge in [-0.15, -0.1) is 0 Å². The molecule has 0 N–H and O–H groups in total. The SMILES string of the molecule is CCOc1ccc(C2CCCN2C(=O)COc2ccc(F)cc2)cc1. The van der Waals surface area contributed by atoms with Crippen molar-refractivity contribution >= 4 is 5.91 Å². The van der Waals surface area contributed by atoms with E-state index >= 15 is 0 Å². The molecule has 0 aromatic heterocycles. The van der Waals surface area contributed by atoms with E-state index in [2.05, 4.69) is 0 Å². The average molecular weight is 343 g/mol. The predicted molar refractivity (Wildman–Crippen MR) is 93.2 cm³/mol. The number of amides is 1. The van der Waals surface area contributed by atoms with Crippen LogP contribution < -0.4 is 9.47 Å². The fourth-order valence-corrected chi connectivity index (χ4v) is 3.12. The average Bonchev–Trinajstić information content (AvgIpc) is 3.12. The summed E-state index contributed by atoms with van der Waals surface area (Å²) >= 11 is 0. The van der Waals surface area contributed by atoms with Gasteiger partial charge in [-0.3, -0.25) is 4.79 Å². The van der Waals surface area contributed by atoms with Crippen molar-refractivity contribution in [3.63, 3.8) is 0 Å². The minimum absolute atomic E-state index is 0.0425. The molecule has 2 aromatic carbocycles. The van der Waals surface area contributed by atoms with Crippen LogP contribution in [-0.2, 0) is 4.79 Å². The minimum atomic E-state index is -0.325. The highest BCUT2D eigenvalue weighted by atomic mass is 19.1. The van der Waals surface area contributed by atoms with Crippen molar-refractivity contribution in [1.82, 2.24) is 4.90 Å². The Morgan fingerprint density at radius 3 is 2.40 bits per heavy atom. The molecule has 0 spiro atoms. The summed E-state index contributed by atoms with van der Waals surface area (Å²) in [4.78, 5) is 14.4. The summed E-state index contributed by atoms with van der Waals surface area (Å²) < 4.78 is 23.9. The number of hydrogen-bond donors (Lipinski definition) is 0. The maximum atomic E-state index is 12.9. The zero-order valence-corrected chi connectivity index (χ0v) is 14.3. The van der Waals surface area contributed by atoms with Gasteiger partial charge in [-0.1, -0.05) is 12.1 Å². The number of carbonyl (C=O) groups excluding carboxylic acids is 1. The topological polar surface area (TPSA) is 38.8 Å². The summed E-state index contributed by atoms with van der Waals surface area (Å²) in [5.41, 5.74) is 1.11. The Hall–Kier alpha value is -2.56. The Morgan fingerprint density at radius 1 is 1.08 bits per heavy atom. The molecule has 0 aliphatic carbocycles. The first-order chi connectivity index (χ1) is 12.2. The molecule has 4 nitrogen and oxygen atoms in total. The zero-order chi connectivity index (χ0) is 17.6. The fraction of sp³-hybridized carbons (Fsp3) is 0.350. The van der Waals surface area contributed by atoms with Gasteiger partial charge in [0.15, 0.2) is 6.61 Å². The summed E-state index contributed by atoms with van der Waals surface area (Å²) in [6, 6.07) is 13.7. The molecule has 0 bridgehead atoms. The Balaban J connectivity index is 1.62. The van der Waals surface area contributed by atoms with Crippen LogP contribution in [0.3, 0.4) is 0 Å². The van der Waals surface area contributed by atoms with Gasteiger partial charge in [0.1, 0.15) is 17.3 Å². The molecule has 3 rings (SSSR count). The summed E-state index contributed by atoms with van der Waals surface area (Å²) in [6.45, 7) is 3.27. The van der Waals surface area contributed by atoms with Crippen molar-refractivity contribution in [3.05, 3.63) is 59.9 Å². The zero-order valence-electron chi connectivity index (χ0n) is 14.3. The molecule has 132 valence electrons. The van der Waals surface area contributed by atoms with Crippen LogP contribution in [0.1, 0.15) is 31.4 Å². The van der Waals surface area contributed by atoms with E-state index < -0.39 is 0 Å². The van der Waals surface area contributed by atoms with Crippen LogP contribution in [0.2, 0.25) is 0 Å². The van der Waals surface area contributed by atoms with Crippen LogP contribution in [-0.4, -0.2) is 30.6 Å². The number of benzene rings is 2. The first kappa shape index (κ1) is 17.3. The van der Waals surface area contributed by atoms with E-state index in [9.17, 15) is 9.18 Å². The van der Waals surface area contributed by atoms with Crippen molar-refractivity contribution in [2.24, 2.45) is 0 Å². The van der Waals surface area contributed by atoms with E-state index in [1.165, 1.54) is 24.3 Å². The van der Waals surface area contributed by atoms with Crippen LogP contribution in [0.4, 0.5) is 4.39 Å². The summed E-state index contributed by atoms with van der Waals surface area (Å²) in [7, 11) is 0. The third-order valence-corrected chi connectivity index (χ3v) is 4.32. The van der Waals surface area contributed by atoms with Crippen molar-refractivity contribution in [2.75, 3.05) is 19.8 Å². The first-order valence-corrected chi connectivity index (χ1v) is 8.58. The highest BCUT2D eigenvalue weighted by Crippen LogP contribution is 2.32. The second-order valence-corrected chi connectivity index (χ2v) is 5.99. The van der Waals surface area contributed by atoms with Crippen LogP contribution in [0, 0.1) is 5.82 Å². The molecule has 0 radical (unpaired) electrons. The second kappa shape index (κ2) is 8.01. The summed E-state index contributed by atoms with van der Waals surface area (Å²) in [5, 5.41) is 0. The van der Waals surface area contributed by atoms with Gasteiger partial charge in [-0.2, -0.15) is 0 Å². The molecule has 1 amide bonds. The Morgan fingerprint density at radius 2 is 1.72 bits per heavy atom. The van der Waals surface area contributed by atoms with Gasteiger partial charge in [0.2, 0.25) is 0 Å². The predicted octanol–water partition coefficient (Wildman–Crippen LogP) is 3.97. The number of rotatable bonds is 6. The Labute approximate surface area is 147 Å². The monoisotopic (exact) mass is 343 g/mol. The highest BCUT2D eigenvalue weighted by Gasteiger charge is 2.30. The number of likely N-dealkylation sites (tertiary alicyclic amines) is 1. The normalized spacial score (nSPS) is 16.7. The van der Waals surface area contributed by atoms with E-state index in [0.29, 0.717) is 12.4 Å². The lowest BCUT2D eigenvalue weighted by molar-refractivity contribution is -0.134. The van der Waals surface area contributed by atoms with Crippen molar-refractivity contribution in [2.45, 2.75) is 25.8 Å². The lowest BCUT2D eigenvalue weighted by Crippen LogP contribution is -2.34. The molecular weight excluding hydrogens is 321 g/mol. The Bertz CT molecular complexity index is 700. The van der Waals surface area contributed by atoms with Crippen molar-refractivity contribution < 1.29 is 18.7 Å².